The van der Waals surface area contributed by atoms with E-state index in [0.29, 0.717) is 35.9 Å². The van der Waals surface area contributed by atoms with E-state index in [1.165, 1.54) is 6.33 Å². The highest BCUT2D eigenvalue weighted by Gasteiger charge is 2.15. The number of hydrogen-bond donors (Lipinski definition) is 1. The second-order valence-electron chi connectivity index (χ2n) is 7.86. The van der Waals surface area contributed by atoms with Crippen LogP contribution in [0.1, 0.15) is 37.2 Å². The van der Waals surface area contributed by atoms with Gasteiger partial charge in [0.1, 0.15) is 23.5 Å². The Hall–Kier alpha value is -3.67. The van der Waals surface area contributed by atoms with E-state index in [2.05, 4.69) is 33.4 Å². The van der Waals surface area contributed by atoms with Gasteiger partial charge in [-0.05, 0) is 43.9 Å². The van der Waals surface area contributed by atoms with E-state index in [-0.39, 0.29) is 12.2 Å². The molecule has 162 valence electrons. The average molecular weight is 422 g/mol. The van der Waals surface area contributed by atoms with Crippen LogP contribution in [0.15, 0.2) is 24.3 Å². The number of fused-ring (bicyclic) bond motifs is 1. The van der Waals surface area contributed by atoms with Gasteiger partial charge in [0.2, 0.25) is 0 Å². The highest BCUT2D eigenvalue weighted by Crippen LogP contribution is 2.20. The maximum absolute atomic E-state index is 12.4. The molecular formula is C22H27N7O2. The fourth-order valence-electron chi connectivity index (χ4n) is 3.45. The molecule has 0 unspecified atom stereocenters. The largest absolute Gasteiger partial charge is 0.462 e. The van der Waals surface area contributed by atoms with E-state index in [0.717, 1.165) is 23.5 Å². The molecule has 0 radical (unpaired) electrons. The molecule has 9 heteroatoms. The first-order valence-electron chi connectivity index (χ1n) is 10.2. The summed E-state index contributed by atoms with van der Waals surface area (Å²) in [5.74, 6) is 0.197. The minimum Gasteiger partial charge on any atom is -0.462 e. The van der Waals surface area contributed by atoms with Crippen molar-refractivity contribution in [2.75, 3.05) is 12.3 Å². The number of nitrogens with two attached hydrogens (primary N) is 1. The number of carbonyl (C=O) groups is 1. The number of hydrogen-bond acceptors (Lipinski definition) is 7. The number of anilines is 1. The smallest absolute Gasteiger partial charge is 0.348 e. The lowest BCUT2D eigenvalue weighted by Crippen LogP contribution is -2.10. The Kier molecular flexibility index (Phi) is 6.70. The Morgan fingerprint density at radius 1 is 1.32 bits per heavy atom. The van der Waals surface area contributed by atoms with Crippen molar-refractivity contribution < 1.29 is 9.53 Å². The lowest BCUT2D eigenvalue weighted by atomic mass is 10.1. The summed E-state index contributed by atoms with van der Waals surface area (Å²) in [5, 5.41) is 9.46. The number of ether oxygens (including phenoxy) is 1. The molecule has 0 bridgehead atoms. The van der Waals surface area contributed by atoms with E-state index >= 15 is 0 Å². The third kappa shape index (κ3) is 4.91. The van der Waals surface area contributed by atoms with Crippen molar-refractivity contribution in [2.45, 2.75) is 47.2 Å². The number of imidazole rings is 1. The fraction of sp³-hybridized carbons (Fsp3) is 0.409. The van der Waals surface area contributed by atoms with Gasteiger partial charge in [-0.2, -0.15) is 5.26 Å². The summed E-state index contributed by atoms with van der Waals surface area (Å²) in [6.07, 6.45) is 5.16. The van der Waals surface area contributed by atoms with Gasteiger partial charge in [0.25, 0.3) is 0 Å². The highest BCUT2D eigenvalue weighted by molar-refractivity contribution is 5.98. The predicted molar refractivity (Wildman–Crippen MR) is 118 cm³/mol. The summed E-state index contributed by atoms with van der Waals surface area (Å²) >= 11 is 0. The van der Waals surface area contributed by atoms with Gasteiger partial charge in [-0.15, -0.1) is 0 Å². The number of rotatable bonds is 8. The van der Waals surface area contributed by atoms with Crippen molar-refractivity contribution in [1.29, 1.82) is 5.26 Å². The summed E-state index contributed by atoms with van der Waals surface area (Å²) in [6, 6.07) is 3.95. The molecule has 2 N–H and O–H groups in total. The summed E-state index contributed by atoms with van der Waals surface area (Å²) in [5.41, 5.74) is 9.93. The summed E-state index contributed by atoms with van der Waals surface area (Å²) in [7, 11) is 0. The minimum absolute atomic E-state index is 0.0154. The van der Waals surface area contributed by atoms with Crippen LogP contribution in [0, 0.1) is 31.1 Å². The van der Waals surface area contributed by atoms with Crippen molar-refractivity contribution in [3.8, 4) is 6.07 Å². The third-order valence-electron chi connectivity index (χ3n) is 5.01. The molecule has 31 heavy (non-hydrogen) atoms. The van der Waals surface area contributed by atoms with Gasteiger partial charge in [-0.1, -0.05) is 13.8 Å². The zero-order valence-electron chi connectivity index (χ0n) is 18.3. The van der Waals surface area contributed by atoms with Crippen LogP contribution in [-0.4, -0.2) is 36.7 Å². The number of carbonyl (C=O) groups excluding carboxylic acids is 1. The van der Waals surface area contributed by atoms with Gasteiger partial charge < -0.3 is 19.6 Å². The quantitative estimate of drug-likeness (QED) is 0.256. The SMILES string of the molecule is Cc1cc(/C=C(/C#N)C(=O)OCCCn2cnc3c(N)ncnc32)c(C)n1CC(C)C. The highest BCUT2D eigenvalue weighted by atomic mass is 16.5. The van der Waals surface area contributed by atoms with Gasteiger partial charge in [-0.25, -0.2) is 19.7 Å². The second-order valence-corrected chi connectivity index (χ2v) is 7.86. The lowest BCUT2D eigenvalue weighted by Gasteiger charge is -2.12. The predicted octanol–water partition coefficient (Wildman–Crippen LogP) is 3.02. The van der Waals surface area contributed by atoms with Gasteiger partial charge in [0, 0.05) is 24.5 Å². The van der Waals surface area contributed by atoms with Crippen LogP contribution in [0.3, 0.4) is 0 Å². The molecule has 0 saturated carbocycles. The summed E-state index contributed by atoms with van der Waals surface area (Å²) in [4.78, 5) is 24.7. The van der Waals surface area contributed by atoms with Crippen LogP contribution in [0.4, 0.5) is 5.82 Å². The Morgan fingerprint density at radius 3 is 2.81 bits per heavy atom. The number of esters is 1. The van der Waals surface area contributed by atoms with Crippen LogP contribution < -0.4 is 5.73 Å². The Labute approximate surface area is 181 Å². The monoisotopic (exact) mass is 421 g/mol. The van der Waals surface area contributed by atoms with Gasteiger partial charge in [-0.3, -0.25) is 0 Å². The molecule has 3 heterocycles. The fourth-order valence-corrected chi connectivity index (χ4v) is 3.45. The molecule has 3 aromatic rings. The summed E-state index contributed by atoms with van der Waals surface area (Å²) < 4.78 is 9.34. The average Bonchev–Trinajstić information content (AvgIpc) is 3.26. The molecule has 0 amide bonds. The van der Waals surface area contributed by atoms with Crippen LogP contribution in [-0.2, 0) is 22.6 Å². The molecule has 0 aliphatic carbocycles. The third-order valence-corrected chi connectivity index (χ3v) is 5.01. The number of nitriles is 1. The van der Waals surface area contributed by atoms with Crippen LogP contribution in [0.2, 0.25) is 0 Å². The molecule has 0 saturated heterocycles. The first-order valence-corrected chi connectivity index (χ1v) is 10.2. The Bertz CT molecular complexity index is 1160. The topological polar surface area (TPSA) is 125 Å². The normalized spacial score (nSPS) is 11.8. The van der Waals surface area contributed by atoms with E-state index in [9.17, 15) is 10.1 Å². The van der Waals surface area contributed by atoms with Crippen molar-refractivity contribution in [3.05, 3.63) is 41.2 Å². The Morgan fingerprint density at radius 2 is 2.10 bits per heavy atom. The van der Waals surface area contributed by atoms with Crippen molar-refractivity contribution >= 4 is 29.0 Å². The maximum Gasteiger partial charge on any atom is 0.348 e. The van der Waals surface area contributed by atoms with Crippen LogP contribution in [0.25, 0.3) is 17.2 Å². The molecule has 0 spiro atoms. The second kappa shape index (κ2) is 9.43. The number of aryl methyl sites for hydroxylation is 2. The van der Waals surface area contributed by atoms with Gasteiger partial charge in [0.05, 0.1) is 12.9 Å². The number of nitrogen functional groups attached to an aromatic ring is 1. The molecule has 3 aromatic heterocycles. The maximum atomic E-state index is 12.4. The number of aromatic nitrogens is 5. The van der Waals surface area contributed by atoms with E-state index in [4.69, 9.17) is 10.5 Å². The van der Waals surface area contributed by atoms with Crippen LogP contribution in [0.5, 0.6) is 0 Å². The molecule has 0 aromatic carbocycles. The standard InChI is InChI=1S/C22H27N7O2/c1-14(2)11-29-15(3)8-17(16(29)4)9-18(10-23)22(30)31-7-5-6-28-13-27-19-20(24)25-12-26-21(19)28/h8-9,12-14H,5-7,11H2,1-4H3,(H2,24,25,26)/b18-9-. The molecule has 0 atom stereocenters. The molecular weight excluding hydrogens is 394 g/mol. The van der Waals surface area contributed by atoms with Gasteiger partial charge in [0.15, 0.2) is 11.5 Å². The zero-order chi connectivity index (χ0) is 22.5. The van der Waals surface area contributed by atoms with E-state index in [1.54, 1.807) is 12.4 Å². The zero-order valence-corrected chi connectivity index (χ0v) is 18.3. The van der Waals surface area contributed by atoms with E-state index < -0.39 is 5.97 Å². The first kappa shape index (κ1) is 22.0. The van der Waals surface area contributed by atoms with Gasteiger partial charge >= 0.3 is 5.97 Å². The number of nitrogens with zero attached hydrogens (tertiary/aromatic N) is 6. The molecule has 9 nitrogen and oxygen atoms in total. The minimum atomic E-state index is -0.627. The van der Waals surface area contributed by atoms with Crippen LogP contribution >= 0.6 is 0 Å². The Balaban J connectivity index is 1.61. The first-order chi connectivity index (χ1) is 14.8. The van der Waals surface area contributed by atoms with Crippen molar-refractivity contribution in [2.24, 2.45) is 5.92 Å². The van der Waals surface area contributed by atoms with Crippen molar-refractivity contribution in [1.82, 2.24) is 24.1 Å². The molecule has 0 aliphatic heterocycles. The summed E-state index contributed by atoms with van der Waals surface area (Å²) in [6.45, 7) is 9.93. The molecule has 3 rings (SSSR count). The van der Waals surface area contributed by atoms with Crippen molar-refractivity contribution in [3.63, 3.8) is 0 Å². The molecule has 0 fully saturated rings. The van der Waals surface area contributed by atoms with E-state index in [1.807, 2.05) is 30.6 Å². The molecule has 0 aliphatic rings. The lowest BCUT2D eigenvalue weighted by molar-refractivity contribution is -0.138.